The summed E-state index contributed by atoms with van der Waals surface area (Å²) in [5, 5.41) is 7.96. The Morgan fingerprint density at radius 1 is 1.10 bits per heavy atom. The number of carbonyl (C=O) groups is 1. The molecule has 152 valence electrons. The lowest BCUT2D eigenvalue weighted by molar-refractivity contribution is 0.0487. The predicted molar refractivity (Wildman–Crippen MR) is 114 cm³/mol. The first-order valence-electron chi connectivity index (χ1n) is 10.1. The molecule has 5 rings (SSSR count). The van der Waals surface area contributed by atoms with Crippen molar-refractivity contribution in [2.45, 2.75) is 18.3 Å². The Labute approximate surface area is 172 Å². The number of ether oxygens (including phenoxy) is 1. The smallest absolute Gasteiger partial charge is 0.259 e. The van der Waals surface area contributed by atoms with Crippen LogP contribution in [0.5, 0.6) is 0 Å². The van der Waals surface area contributed by atoms with Crippen molar-refractivity contribution in [2.24, 2.45) is 0 Å². The van der Waals surface area contributed by atoms with Crippen LogP contribution >= 0.6 is 0 Å². The molecule has 0 atom stereocenters. The number of aromatic amines is 1. The first kappa shape index (κ1) is 18.6. The van der Waals surface area contributed by atoms with Crippen molar-refractivity contribution in [2.75, 3.05) is 19.8 Å². The molecule has 0 radical (unpaired) electrons. The topological polar surface area (TPSA) is 88.5 Å². The summed E-state index contributed by atoms with van der Waals surface area (Å²) < 4.78 is 7.18. The lowest BCUT2D eigenvalue weighted by atomic mass is 9.74. The van der Waals surface area contributed by atoms with Crippen LogP contribution in [-0.2, 0) is 10.2 Å². The number of hydrogen-bond acceptors (Lipinski definition) is 4. The van der Waals surface area contributed by atoms with Gasteiger partial charge in [-0.3, -0.25) is 9.59 Å². The molecule has 0 aliphatic carbocycles. The fourth-order valence-electron chi connectivity index (χ4n) is 4.31. The van der Waals surface area contributed by atoms with E-state index in [9.17, 15) is 9.59 Å². The summed E-state index contributed by atoms with van der Waals surface area (Å²) in [5.41, 5.74) is 2.22. The molecule has 0 bridgehead atoms. The van der Waals surface area contributed by atoms with E-state index in [0.29, 0.717) is 41.9 Å². The fraction of sp³-hybridized carbons (Fsp3) is 0.261. The minimum absolute atomic E-state index is 0.168. The van der Waals surface area contributed by atoms with Crippen molar-refractivity contribution in [3.8, 4) is 0 Å². The van der Waals surface area contributed by atoms with E-state index >= 15 is 0 Å². The number of para-hydroxylation sites is 1. The Balaban J connectivity index is 1.46. The van der Waals surface area contributed by atoms with Gasteiger partial charge in [0.1, 0.15) is 11.2 Å². The maximum Gasteiger partial charge on any atom is 0.259 e. The van der Waals surface area contributed by atoms with E-state index in [-0.39, 0.29) is 16.9 Å². The number of carbonyl (C=O) groups excluding carboxylic acids is 1. The summed E-state index contributed by atoms with van der Waals surface area (Å²) in [6.45, 7) is 1.83. The summed E-state index contributed by atoms with van der Waals surface area (Å²) in [6, 6.07) is 17.5. The molecule has 0 saturated carbocycles. The highest BCUT2D eigenvalue weighted by atomic mass is 16.5. The third-order valence-corrected chi connectivity index (χ3v) is 6.05. The number of nitrogens with zero attached hydrogens (tertiary/aromatic N) is 2. The van der Waals surface area contributed by atoms with Crippen LogP contribution in [0.2, 0.25) is 0 Å². The molecule has 7 nitrogen and oxygen atoms in total. The lowest BCUT2D eigenvalue weighted by Gasteiger charge is -2.38. The van der Waals surface area contributed by atoms with Crippen molar-refractivity contribution in [3.63, 3.8) is 0 Å². The monoisotopic (exact) mass is 402 g/mol. The van der Waals surface area contributed by atoms with Gasteiger partial charge in [-0.05, 0) is 30.5 Å². The molecule has 0 unspecified atom stereocenters. The molecule has 1 aliphatic heterocycles. The maximum atomic E-state index is 13.1. The minimum atomic E-state index is -0.252. The number of H-pyrrole nitrogens is 1. The van der Waals surface area contributed by atoms with E-state index < -0.39 is 0 Å². The van der Waals surface area contributed by atoms with Crippen molar-refractivity contribution >= 4 is 22.5 Å². The zero-order chi connectivity index (χ0) is 20.6. The standard InChI is InChI=1S/C23H22N4O3/c28-21(24-15-23(10-12-30-13-11-23)16-6-2-1-3-7-16)18-14-25-27-19-9-5-4-8-17(19)22(29)26-20(18)27/h1-9,14H,10-13,15H2,(H,24,28)(H,26,29). The van der Waals surface area contributed by atoms with Gasteiger partial charge in [0.15, 0.2) is 0 Å². The van der Waals surface area contributed by atoms with Gasteiger partial charge in [0.2, 0.25) is 0 Å². The van der Waals surface area contributed by atoms with E-state index in [1.54, 1.807) is 16.6 Å². The van der Waals surface area contributed by atoms with Crippen molar-refractivity contribution in [1.29, 1.82) is 0 Å². The van der Waals surface area contributed by atoms with E-state index in [4.69, 9.17) is 4.74 Å². The van der Waals surface area contributed by atoms with Crippen molar-refractivity contribution in [3.05, 3.63) is 82.3 Å². The zero-order valence-corrected chi connectivity index (χ0v) is 16.4. The van der Waals surface area contributed by atoms with E-state index in [1.165, 1.54) is 11.8 Å². The van der Waals surface area contributed by atoms with Gasteiger partial charge in [0, 0.05) is 25.2 Å². The fourth-order valence-corrected chi connectivity index (χ4v) is 4.31. The predicted octanol–water partition coefficient (Wildman–Crippen LogP) is 2.65. The number of rotatable bonds is 4. The third-order valence-electron chi connectivity index (χ3n) is 6.05. The van der Waals surface area contributed by atoms with Crippen LogP contribution in [-0.4, -0.2) is 40.3 Å². The van der Waals surface area contributed by atoms with Crippen LogP contribution in [0.25, 0.3) is 16.6 Å². The number of fused-ring (bicyclic) bond motifs is 3. The van der Waals surface area contributed by atoms with Crippen molar-refractivity contribution < 1.29 is 9.53 Å². The Hall–Kier alpha value is -3.45. The van der Waals surface area contributed by atoms with E-state index in [1.807, 2.05) is 30.3 Å². The van der Waals surface area contributed by atoms with Crippen LogP contribution in [0.4, 0.5) is 0 Å². The second kappa shape index (κ2) is 7.42. The number of benzene rings is 2. The number of nitrogens with one attached hydrogen (secondary N) is 2. The van der Waals surface area contributed by atoms with Crippen LogP contribution in [0.3, 0.4) is 0 Å². The SMILES string of the molecule is O=C(NCC1(c2ccccc2)CCOCC1)c1cnn2c1[nH]c(=O)c1ccccc12. The average Bonchev–Trinajstić information content (AvgIpc) is 3.23. The van der Waals surface area contributed by atoms with Gasteiger partial charge >= 0.3 is 0 Å². The van der Waals surface area contributed by atoms with Crippen LogP contribution < -0.4 is 10.9 Å². The largest absolute Gasteiger partial charge is 0.381 e. The molecule has 1 saturated heterocycles. The molecule has 1 amide bonds. The van der Waals surface area contributed by atoms with Gasteiger partial charge in [-0.25, -0.2) is 4.52 Å². The van der Waals surface area contributed by atoms with Crippen LogP contribution in [0.15, 0.2) is 65.6 Å². The minimum Gasteiger partial charge on any atom is -0.381 e. The van der Waals surface area contributed by atoms with Gasteiger partial charge in [-0.2, -0.15) is 5.10 Å². The first-order valence-corrected chi connectivity index (χ1v) is 10.1. The second-order valence-electron chi connectivity index (χ2n) is 7.73. The molecule has 30 heavy (non-hydrogen) atoms. The summed E-state index contributed by atoms with van der Waals surface area (Å²) >= 11 is 0. The Morgan fingerprint density at radius 3 is 2.63 bits per heavy atom. The highest BCUT2D eigenvalue weighted by Crippen LogP contribution is 2.34. The Morgan fingerprint density at radius 2 is 1.83 bits per heavy atom. The molecule has 7 heteroatoms. The van der Waals surface area contributed by atoms with Gasteiger partial charge in [-0.15, -0.1) is 0 Å². The van der Waals surface area contributed by atoms with Gasteiger partial charge in [-0.1, -0.05) is 42.5 Å². The normalized spacial score (nSPS) is 16.0. The quantitative estimate of drug-likeness (QED) is 0.549. The molecule has 2 N–H and O–H groups in total. The maximum absolute atomic E-state index is 13.1. The van der Waals surface area contributed by atoms with Crippen LogP contribution in [0, 0.1) is 0 Å². The number of amides is 1. The third kappa shape index (κ3) is 3.07. The number of hydrogen-bond donors (Lipinski definition) is 2. The Bertz CT molecular complexity index is 1270. The molecule has 1 aliphatic rings. The van der Waals surface area contributed by atoms with Crippen molar-refractivity contribution in [1.82, 2.24) is 19.9 Å². The Kier molecular flexibility index (Phi) is 4.59. The van der Waals surface area contributed by atoms with Gasteiger partial charge in [0.25, 0.3) is 11.5 Å². The zero-order valence-electron chi connectivity index (χ0n) is 16.4. The van der Waals surface area contributed by atoms with E-state index in [0.717, 1.165) is 12.8 Å². The summed E-state index contributed by atoms with van der Waals surface area (Å²) in [4.78, 5) is 28.3. The van der Waals surface area contributed by atoms with Gasteiger partial charge in [0.05, 0.1) is 17.1 Å². The molecular weight excluding hydrogens is 380 g/mol. The average molecular weight is 402 g/mol. The summed E-state index contributed by atoms with van der Waals surface area (Å²) in [6.07, 6.45) is 3.19. The van der Waals surface area contributed by atoms with E-state index in [2.05, 4.69) is 27.5 Å². The highest BCUT2D eigenvalue weighted by Gasteiger charge is 2.35. The van der Waals surface area contributed by atoms with Gasteiger partial charge < -0.3 is 15.0 Å². The molecule has 1 fully saturated rings. The molecule has 2 aromatic heterocycles. The lowest BCUT2D eigenvalue weighted by Crippen LogP contribution is -2.44. The first-order chi connectivity index (χ1) is 14.7. The summed E-state index contributed by atoms with van der Waals surface area (Å²) in [7, 11) is 0. The molecular formula is C23H22N4O3. The van der Waals surface area contributed by atoms with Crippen LogP contribution in [0.1, 0.15) is 28.8 Å². The summed E-state index contributed by atoms with van der Waals surface area (Å²) in [5.74, 6) is -0.252. The second-order valence-corrected chi connectivity index (χ2v) is 7.73. The molecule has 4 aromatic rings. The molecule has 2 aromatic carbocycles. The molecule has 0 spiro atoms. The number of aromatic nitrogens is 3. The highest BCUT2D eigenvalue weighted by molar-refractivity contribution is 6.00. The molecule has 3 heterocycles.